The first kappa shape index (κ1) is 33.0. The van der Waals surface area contributed by atoms with Crippen LogP contribution < -0.4 is 4.74 Å². The Kier molecular flexibility index (Phi) is 7.73. The Balaban J connectivity index is 0.00000374. The molecule has 5 aromatic carbocycles. The van der Waals surface area contributed by atoms with Gasteiger partial charge in [0.1, 0.15) is 5.82 Å². The predicted octanol–water partition coefficient (Wildman–Crippen LogP) is 10.9. The van der Waals surface area contributed by atoms with E-state index >= 15 is 0 Å². The van der Waals surface area contributed by atoms with Gasteiger partial charge >= 0.3 is 21.1 Å². The van der Waals surface area contributed by atoms with Gasteiger partial charge in [0.2, 0.25) is 5.78 Å². The molecule has 0 bridgehead atoms. The minimum Gasteiger partial charge on any atom is -0.509 e. The maximum Gasteiger partial charge on any atom is 2.00 e. The number of fused-ring (bicyclic) bond motifs is 8. The third kappa shape index (κ3) is 5.44. The molecule has 0 unspecified atom stereocenters. The minimum atomic E-state index is -0.0113. The molecule has 0 spiro atoms. The summed E-state index contributed by atoms with van der Waals surface area (Å²) in [6.45, 7) is 13.4. The van der Waals surface area contributed by atoms with E-state index in [4.69, 9.17) is 14.7 Å². The molecule has 0 saturated heterocycles. The third-order valence-electron chi connectivity index (χ3n) is 9.68. The fourth-order valence-electron chi connectivity index (χ4n) is 7.03. The fraction of sp³-hybridized carbons (Fsp3) is 0.182. The molecular formula is C44H37N5OPt. The molecular weight excluding hydrogens is 810 g/mol. The second-order valence-electron chi connectivity index (χ2n) is 15.1. The van der Waals surface area contributed by atoms with E-state index in [1.54, 1.807) is 0 Å². The summed E-state index contributed by atoms with van der Waals surface area (Å²) in [6.07, 6.45) is 1.90. The van der Waals surface area contributed by atoms with Crippen LogP contribution in [-0.4, -0.2) is 23.5 Å². The smallest absolute Gasteiger partial charge is 0.509 e. The first-order valence-electron chi connectivity index (χ1n) is 17.1. The second-order valence-corrected chi connectivity index (χ2v) is 15.1. The quantitative estimate of drug-likeness (QED) is 0.166. The first-order chi connectivity index (χ1) is 24.0. The van der Waals surface area contributed by atoms with Gasteiger partial charge in [-0.3, -0.25) is 4.40 Å². The van der Waals surface area contributed by atoms with Crippen LogP contribution in [0.2, 0.25) is 0 Å². The number of hydrogen-bond acceptors (Lipinski definition) is 3. The third-order valence-corrected chi connectivity index (χ3v) is 9.68. The number of hydrogen-bond donors (Lipinski definition) is 0. The van der Waals surface area contributed by atoms with E-state index < -0.39 is 0 Å². The van der Waals surface area contributed by atoms with Gasteiger partial charge < -0.3 is 13.9 Å². The van der Waals surface area contributed by atoms with Gasteiger partial charge in [-0.05, 0) is 69.8 Å². The maximum absolute atomic E-state index is 6.57. The molecule has 0 N–H and O–H groups in total. The molecule has 9 rings (SSSR count). The van der Waals surface area contributed by atoms with E-state index in [1.165, 1.54) is 11.1 Å². The largest absolute Gasteiger partial charge is 2.00 e. The molecule has 0 fully saturated rings. The molecule has 0 aliphatic rings. The van der Waals surface area contributed by atoms with Crippen molar-refractivity contribution in [1.29, 1.82) is 0 Å². The predicted molar refractivity (Wildman–Crippen MR) is 203 cm³/mol. The number of rotatable bonds is 4. The Labute approximate surface area is 311 Å². The molecule has 9 aromatic rings. The van der Waals surface area contributed by atoms with Gasteiger partial charge in [0.15, 0.2) is 0 Å². The average Bonchev–Trinajstić information content (AvgIpc) is 3.74. The molecule has 4 aromatic heterocycles. The van der Waals surface area contributed by atoms with Crippen molar-refractivity contribution in [1.82, 2.24) is 23.5 Å². The van der Waals surface area contributed by atoms with Gasteiger partial charge in [-0.1, -0.05) is 89.1 Å². The molecule has 0 aliphatic carbocycles. The van der Waals surface area contributed by atoms with E-state index in [0.717, 1.165) is 61.2 Å². The van der Waals surface area contributed by atoms with Crippen LogP contribution in [0.5, 0.6) is 11.5 Å². The zero-order chi connectivity index (χ0) is 34.4. The molecule has 0 amide bonds. The van der Waals surface area contributed by atoms with Crippen molar-refractivity contribution < 1.29 is 25.8 Å². The number of nitrogens with zero attached hydrogens (tertiary/aromatic N) is 5. The van der Waals surface area contributed by atoms with E-state index in [9.17, 15) is 0 Å². The number of ether oxygens (including phenoxy) is 1. The number of aromatic nitrogens is 5. The average molecular weight is 847 g/mol. The molecule has 254 valence electrons. The molecule has 6 nitrogen and oxygen atoms in total. The van der Waals surface area contributed by atoms with Crippen molar-refractivity contribution in [3.05, 3.63) is 139 Å². The standard InChI is InChI=1S/C44H37N5O.Pt/c1-43(2,3)28-18-21-38-40(24-28)47(42-46-35-15-8-10-17-37(35)49(38)42)30-12-11-13-31(26-30)50-32-19-20-34-33-14-7-9-16-36(33)48(39(34)27-32)41-25-29(22-23-45-41)44(4,5)6;/h7-25H,1-6H3;/q-2;+2. The van der Waals surface area contributed by atoms with Crippen LogP contribution in [0.15, 0.2) is 115 Å². The van der Waals surface area contributed by atoms with Gasteiger partial charge in [-0.2, -0.15) is 12.1 Å². The van der Waals surface area contributed by atoms with Crippen LogP contribution in [0.3, 0.4) is 0 Å². The summed E-state index contributed by atoms with van der Waals surface area (Å²) >= 11 is 0. The van der Waals surface area contributed by atoms with E-state index in [2.05, 4.69) is 152 Å². The van der Waals surface area contributed by atoms with Crippen LogP contribution >= 0.6 is 0 Å². The topological polar surface area (TPSA) is 49.3 Å². The summed E-state index contributed by atoms with van der Waals surface area (Å²) < 4.78 is 13.2. The SMILES string of the molecule is CC(C)(C)c1ccnc(-n2c3[c-]c(Oc4[c-]c(-n5c6cc(C(C)(C)C)ccc6n6c7ccccc7nc56)ccc4)ccc3c3ccccc32)c1.[Pt+2]. The van der Waals surface area contributed by atoms with Gasteiger partial charge in [0.05, 0.1) is 22.1 Å². The number of pyridine rings is 1. The van der Waals surface area contributed by atoms with Crippen molar-refractivity contribution >= 4 is 49.7 Å². The summed E-state index contributed by atoms with van der Waals surface area (Å²) in [7, 11) is 0. The first-order valence-corrected chi connectivity index (χ1v) is 17.1. The molecule has 4 heterocycles. The second kappa shape index (κ2) is 12.0. The Morgan fingerprint density at radius 3 is 2.12 bits per heavy atom. The van der Waals surface area contributed by atoms with Gasteiger partial charge in [0.25, 0.3) is 0 Å². The van der Waals surface area contributed by atoms with Crippen LogP contribution in [-0.2, 0) is 31.9 Å². The van der Waals surface area contributed by atoms with E-state index in [1.807, 2.05) is 30.5 Å². The Bertz CT molecular complexity index is 2770. The molecule has 0 atom stereocenters. The van der Waals surface area contributed by atoms with Crippen molar-refractivity contribution in [2.45, 2.75) is 52.4 Å². The van der Waals surface area contributed by atoms with Crippen LogP contribution in [0.1, 0.15) is 52.7 Å². The molecule has 0 aliphatic heterocycles. The molecule has 0 saturated carbocycles. The number of benzene rings is 5. The van der Waals surface area contributed by atoms with Crippen molar-refractivity contribution in [3.63, 3.8) is 0 Å². The summed E-state index contributed by atoms with van der Waals surface area (Å²) in [5.74, 6) is 2.89. The van der Waals surface area contributed by atoms with Crippen LogP contribution in [0.4, 0.5) is 0 Å². The minimum absolute atomic E-state index is 0. The van der Waals surface area contributed by atoms with E-state index in [0.29, 0.717) is 11.5 Å². The van der Waals surface area contributed by atoms with Crippen LogP contribution in [0, 0.1) is 12.1 Å². The van der Waals surface area contributed by atoms with E-state index in [-0.39, 0.29) is 31.9 Å². The molecule has 0 radical (unpaired) electrons. The number of para-hydroxylation sites is 3. The summed E-state index contributed by atoms with van der Waals surface area (Å²) in [5, 5.41) is 2.24. The summed E-state index contributed by atoms with van der Waals surface area (Å²) in [4.78, 5) is 9.92. The van der Waals surface area contributed by atoms with Crippen LogP contribution in [0.25, 0.3) is 61.2 Å². The summed E-state index contributed by atoms with van der Waals surface area (Å²) in [6, 6.07) is 45.0. The maximum atomic E-state index is 6.57. The Hall–Kier alpha value is -5.19. The van der Waals surface area contributed by atoms with Crippen molar-refractivity contribution in [2.75, 3.05) is 0 Å². The van der Waals surface area contributed by atoms with Gasteiger partial charge in [0, 0.05) is 23.2 Å². The normalized spacial score (nSPS) is 12.4. The van der Waals surface area contributed by atoms with Crippen molar-refractivity contribution in [2.24, 2.45) is 0 Å². The molecule has 51 heavy (non-hydrogen) atoms. The van der Waals surface area contributed by atoms with Gasteiger partial charge in [-0.25, -0.2) is 9.97 Å². The zero-order valence-electron chi connectivity index (χ0n) is 29.4. The Morgan fingerprint density at radius 1 is 0.588 bits per heavy atom. The monoisotopic (exact) mass is 846 g/mol. The van der Waals surface area contributed by atoms with Crippen molar-refractivity contribution in [3.8, 4) is 23.0 Å². The Morgan fingerprint density at radius 2 is 1.31 bits per heavy atom. The number of imidazole rings is 2. The van der Waals surface area contributed by atoms with Gasteiger partial charge in [-0.15, -0.1) is 35.7 Å². The summed E-state index contributed by atoms with van der Waals surface area (Å²) in [5.41, 5.74) is 9.48. The fourth-order valence-corrected chi connectivity index (χ4v) is 7.03. The zero-order valence-corrected chi connectivity index (χ0v) is 31.7. The molecule has 7 heteroatoms.